The molecule has 96 valence electrons. The molecule has 0 radical (unpaired) electrons. The Balaban J connectivity index is 2.06. The molecule has 0 atom stereocenters. The van der Waals surface area contributed by atoms with Crippen molar-refractivity contribution < 1.29 is 27.4 Å². The van der Waals surface area contributed by atoms with E-state index in [1.54, 1.807) is 16.7 Å². The molecule has 19 heavy (non-hydrogen) atoms. The second-order valence-corrected chi connectivity index (χ2v) is 13.1. The topological polar surface area (TPSA) is 0 Å². The molecule has 0 nitrogen and oxygen atoms in total. The van der Waals surface area contributed by atoms with Gasteiger partial charge in [0.15, 0.2) is 0 Å². The molecule has 0 spiro atoms. The van der Waals surface area contributed by atoms with Crippen LogP contribution in [0.5, 0.6) is 0 Å². The third-order valence-electron chi connectivity index (χ3n) is 4.68. The van der Waals surface area contributed by atoms with Gasteiger partial charge in [-0.2, -0.15) is 0 Å². The van der Waals surface area contributed by atoms with E-state index < -0.39 is 27.4 Å². The van der Waals surface area contributed by atoms with Crippen LogP contribution in [0.4, 0.5) is 0 Å². The van der Waals surface area contributed by atoms with Gasteiger partial charge in [0.2, 0.25) is 0 Å². The van der Waals surface area contributed by atoms with Crippen molar-refractivity contribution in [1.82, 2.24) is 0 Å². The maximum absolute atomic E-state index is 2.37. The molecule has 3 aliphatic carbocycles. The fraction of sp³-hybridized carbons (Fsp3) is 0.333. The van der Waals surface area contributed by atoms with Crippen LogP contribution in [0.2, 0.25) is 0 Å². The third-order valence-corrected chi connectivity index (χ3v) is 14.9. The van der Waals surface area contributed by atoms with E-state index in [2.05, 4.69) is 57.2 Å². The quantitative estimate of drug-likeness (QED) is 0.660. The fourth-order valence-electron chi connectivity index (χ4n) is 3.56. The van der Waals surface area contributed by atoms with Crippen molar-refractivity contribution in [3.8, 4) is 0 Å². The monoisotopic (exact) mass is 326 g/mol. The van der Waals surface area contributed by atoms with Gasteiger partial charge in [-0.1, -0.05) is 0 Å². The van der Waals surface area contributed by atoms with Gasteiger partial charge >= 0.3 is 128 Å². The van der Waals surface area contributed by atoms with Crippen LogP contribution < -0.4 is 0 Å². The van der Waals surface area contributed by atoms with Crippen molar-refractivity contribution in [2.75, 3.05) is 0 Å². The first-order chi connectivity index (χ1) is 9.18. The van der Waals surface area contributed by atoms with Crippen molar-refractivity contribution in [3.63, 3.8) is 0 Å². The maximum atomic E-state index is 2.37. The van der Waals surface area contributed by atoms with Gasteiger partial charge in [-0.25, -0.2) is 0 Å². The SMILES string of the molecule is CC1=[C]([Y]([C]2=C(C)C=CC2)[C]2=C(C)C=CC2)CC=C1. The molecule has 3 rings (SSSR count). The van der Waals surface area contributed by atoms with Crippen LogP contribution in [-0.4, -0.2) is 0 Å². The van der Waals surface area contributed by atoms with Crippen LogP contribution in [0, 0.1) is 0 Å². The second kappa shape index (κ2) is 5.50. The number of hydrogen-bond donors (Lipinski definition) is 0. The Labute approximate surface area is 127 Å². The summed E-state index contributed by atoms with van der Waals surface area (Å²) < 4.78 is 5.49. The van der Waals surface area contributed by atoms with Crippen LogP contribution in [0.1, 0.15) is 40.0 Å². The Bertz CT molecular complexity index is 506. The Hall–Kier alpha value is -0.456. The van der Waals surface area contributed by atoms with Crippen LogP contribution >= 0.6 is 0 Å². The average molecular weight is 326 g/mol. The van der Waals surface area contributed by atoms with E-state index in [9.17, 15) is 0 Å². The molecule has 0 aliphatic heterocycles. The van der Waals surface area contributed by atoms with Gasteiger partial charge in [0.25, 0.3) is 0 Å². The van der Waals surface area contributed by atoms with Crippen molar-refractivity contribution in [3.05, 3.63) is 60.3 Å². The molecule has 0 saturated carbocycles. The van der Waals surface area contributed by atoms with E-state index in [4.69, 9.17) is 0 Å². The summed E-state index contributed by atoms with van der Waals surface area (Å²) in [5.41, 5.74) is 4.71. The van der Waals surface area contributed by atoms with E-state index >= 15 is 0 Å². The Morgan fingerprint density at radius 2 is 0.947 bits per heavy atom. The molecule has 3 aliphatic rings. The molecule has 1 heteroatoms. The number of hydrogen-bond acceptors (Lipinski definition) is 0. The van der Waals surface area contributed by atoms with Gasteiger partial charge in [-0.05, 0) is 0 Å². The Kier molecular flexibility index (Phi) is 3.92. The molecule has 0 unspecified atom stereocenters. The van der Waals surface area contributed by atoms with E-state index in [0.29, 0.717) is 0 Å². The summed E-state index contributed by atoms with van der Waals surface area (Å²) in [5, 5.41) is 0. The van der Waals surface area contributed by atoms with Crippen molar-refractivity contribution in [2.24, 2.45) is 0 Å². The number of allylic oxidation sites excluding steroid dienone is 12. The minimum absolute atomic E-state index is 1.22. The molecule has 0 aromatic carbocycles. The average Bonchev–Trinajstić information content (AvgIpc) is 3.07. The summed E-state index contributed by atoms with van der Waals surface area (Å²) in [6.45, 7) is 6.96. The first kappa shape index (κ1) is 13.5. The summed E-state index contributed by atoms with van der Waals surface area (Å²) >= 11 is -1.96. The van der Waals surface area contributed by atoms with E-state index in [1.165, 1.54) is 19.3 Å². The molecule has 0 N–H and O–H groups in total. The first-order valence-corrected chi connectivity index (χ1v) is 11.5. The van der Waals surface area contributed by atoms with Crippen LogP contribution in [0.15, 0.2) is 60.3 Å². The van der Waals surface area contributed by atoms with Crippen molar-refractivity contribution >= 4 is 0 Å². The Morgan fingerprint density at radius 3 is 1.16 bits per heavy atom. The van der Waals surface area contributed by atoms with Gasteiger partial charge in [0.05, 0.1) is 0 Å². The molecule has 0 bridgehead atoms. The van der Waals surface area contributed by atoms with E-state index in [0.717, 1.165) is 0 Å². The predicted molar refractivity (Wildman–Crippen MR) is 79.4 cm³/mol. The summed E-state index contributed by atoms with van der Waals surface area (Å²) in [4.78, 5) is 0. The van der Waals surface area contributed by atoms with Crippen LogP contribution in [-0.2, 0) is 27.4 Å². The van der Waals surface area contributed by atoms with E-state index in [1.807, 2.05) is 7.15 Å². The normalized spacial score (nSPS) is 21.6. The molecular formula is C18H21Y. The summed E-state index contributed by atoms with van der Waals surface area (Å²) in [6, 6.07) is 0. The summed E-state index contributed by atoms with van der Waals surface area (Å²) in [6.07, 6.45) is 17.8. The standard InChI is InChI=1S/3C6H7.Y/c3*1-6-4-2-3-5-6;/h3*2,4H,3H2,1H3;. The van der Waals surface area contributed by atoms with Gasteiger partial charge in [-0.15, -0.1) is 0 Å². The van der Waals surface area contributed by atoms with Gasteiger partial charge < -0.3 is 0 Å². The molecule has 0 saturated heterocycles. The number of rotatable bonds is 3. The summed E-state index contributed by atoms with van der Waals surface area (Å²) in [7, 11) is 0. The van der Waals surface area contributed by atoms with Crippen LogP contribution in [0.25, 0.3) is 0 Å². The zero-order valence-electron chi connectivity index (χ0n) is 12.2. The predicted octanol–water partition coefficient (Wildman–Crippen LogP) is 5.31. The first-order valence-electron chi connectivity index (χ1n) is 7.27. The molecule has 0 fully saturated rings. The zero-order chi connectivity index (χ0) is 13.4. The third kappa shape index (κ3) is 2.46. The zero-order valence-corrected chi connectivity index (χ0v) is 15.0. The van der Waals surface area contributed by atoms with Gasteiger partial charge in [0, 0.05) is 0 Å². The molecule has 0 amide bonds. The van der Waals surface area contributed by atoms with Crippen LogP contribution in [0.3, 0.4) is 0 Å². The molecule has 0 aromatic rings. The van der Waals surface area contributed by atoms with Gasteiger partial charge in [-0.3, -0.25) is 0 Å². The molecular weight excluding hydrogens is 305 g/mol. The Morgan fingerprint density at radius 1 is 0.632 bits per heavy atom. The van der Waals surface area contributed by atoms with Gasteiger partial charge in [0.1, 0.15) is 0 Å². The minimum atomic E-state index is -1.96. The van der Waals surface area contributed by atoms with E-state index in [-0.39, 0.29) is 0 Å². The second-order valence-electron chi connectivity index (χ2n) is 5.88. The molecule has 0 aromatic heterocycles. The van der Waals surface area contributed by atoms with Crippen molar-refractivity contribution in [1.29, 1.82) is 0 Å². The summed E-state index contributed by atoms with van der Waals surface area (Å²) in [5.74, 6) is 0. The fourth-order valence-corrected chi connectivity index (χ4v) is 13.5. The van der Waals surface area contributed by atoms with Crippen molar-refractivity contribution in [2.45, 2.75) is 40.0 Å². The molecule has 0 heterocycles.